The van der Waals surface area contributed by atoms with E-state index in [0.29, 0.717) is 23.6 Å². The van der Waals surface area contributed by atoms with E-state index in [-0.39, 0.29) is 23.8 Å². The average Bonchev–Trinajstić information content (AvgIpc) is 3.46. The second-order valence-corrected chi connectivity index (χ2v) is 8.34. The van der Waals surface area contributed by atoms with E-state index in [4.69, 9.17) is 0 Å². The van der Waals surface area contributed by atoms with Crippen molar-refractivity contribution in [2.45, 2.75) is 18.3 Å². The zero-order chi connectivity index (χ0) is 19.3. The van der Waals surface area contributed by atoms with Crippen LogP contribution in [0.3, 0.4) is 0 Å². The first-order chi connectivity index (χ1) is 13.5. The lowest BCUT2D eigenvalue weighted by Crippen LogP contribution is -2.46. The highest BCUT2D eigenvalue weighted by Crippen LogP contribution is 2.52. The number of amides is 2. The van der Waals surface area contributed by atoms with Crippen molar-refractivity contribution in [2.24, 2.45) is 0 Å². The van der Waals surface area contributed by atoms with Crippen LogP contribution in [0.2, 0.25) is 0 Å². The summed E-state index contributed by atoms with van der Waals surface area (Å²) in [6.07, 6.45) is 3.75. The van der Waals surface area contributed by atoms with Crippen LogP contribution in [0, 0.1) is 0 Å². The van der Waals surface area contributed by atoms with Crippen LogP contribution in [0.1, 0.15) is 28.8 Å². The molecule has 1 N–H and O–H groups in total. The number of halogens is 1. The Labute approximate surface area is 170 Å². The molecule has 2 aromatic heterocycles. The summed E-state index contributed by atoms with van der Waals surface area (Å²) in [6.45, 7) is 0.591. The molecular weight excluding hydrogens is 420 g/mol. The second kappa shape index (κ2) is 6.38. The van der Waals surface area contributed by atoms with Gasteiger partial charge in [-0.25, -0.2) is 9.97 Å². The van der Waals surface area contributed by atoms with Gasteiger partial charge in [-0.2, -0.15) is 0 Å². The van der Waals surface area contributed by atoms with Gasteiger partial charge in [0, 0.05) is 33.6 Å². The minimum atomic E-state index is -0.257. The van der Waals surface area contributed by atoms with Gasteiger partial charge in [0.25, 0.3) is 5.91 Å². The first kappa shape index (κ1) is 17.3. The van der Waals surface area contributed by atoms with E-state index < -0.39 is 0 Å². The Balaban J connectivity index is 1.35. The van der Waals surface area contributed by atoms with Crippen LogP contribution in [-0.2, 0) is 10.2 Å². The van der Waals surface area contributed by atoms with Crippen LogP contribution < -0.4 is 5.32 Å². The van der Waals surface area contributed by atoms with Crippen molar-refractivity contribution in [2.75, 3.05) is 18.4 Å². The molecule has 5 rings (SSSR count). The van der Waals surface area contributed by atoms with Crippen molar-refractivity contribution >= 4 is 44.6 Å². The summed E-state index contributed by atoms with van der Waals surface area (Å²) in [5.74, 6) is 0.0851. The van der Waals surface area contributed by atoms with Crippen molar-refractivity contribution < 1.29 is 9.59 Å². The van der Waals surface area contributed by atoms with Crippen LogP contribution >= 0.6 is 15.9 Å². The Morgan fingerprint density at radius 3 is 2.89 bits per heavy atom. The van der Waals surface area contributed by atoms with Gasteiger partial charge in [-0.15, -0.1) is 0 Å². The van der Waals surface area contributed by atoms with Crippen molar-refractivity contribution in [3.63, 3.8) is 0 Å². The lowest BCUT2D eigenvalue weighted by molar-refractivity contribution is -0.117. The zero-order valence-electron chi connectivity index (χ0n) is 15.0. The molecule has 0 saturated heterocycles. The lowest BCUT2D eigenvalue weighted by atomic mass is 9.86. The predicted octanol–water partition coefficient (Wildman–Crippen LogP) is 3.52. The number of rotatable bonds is 3. The third kappa shape index (κ3) is 2.96. The molecule has 2 amide bonds. The maximum Gasteiger partial charge on any atom is 0.254 e. The van der Waals surface area contributed by atoms with Crippen molar-refractivity contribution in [3.05, 3.63) is 64.3 Å². The molecule has 7 heteroatoms. The number of hydrogen-bond donors (Lipinski definition) is 1. The minimum Gasteiger partial charge on any atom is -0.328 e. The molecule has 1 aliphatic carbocycles. The van der Waals surface area contributed by atoms with Crippen molar-refractivity contribution in [1.82, 2.24) is 14.9 Å². The molecule has 0 radical (unpaired) electrons. The molecule has 1 saturated carbocycles. The van der Waals surface area contributed by atoms with Gasteiger partial charge in [0.05, 0.1) is 0 Å². The molecule has 0 bridgehead atoms. The van der Waals surface area contributed by atoms with Crippen molar-refractivity contribution in [1.29, 1.82) is 0 Å². The molecule has 3 aromatic rings. The number of nitrogens with one attached hydrogen (secondary N) is 1. The number of carbonyl (C=O) groups is 2. The van der Waals surface area contributed by atoms with E-state index in [0.717, 1.165) is 28.3 Å². The van der Waals surface area contributed by atoms with Crippen LogP contribution in [-0.4, -0.2) is 39.8 Å². The molecule has 0 atom stereocenters. The number of fused-ring (bicyclic) bond motifs is 3. The molecular formula is C21H17BrN4O2. The highest BCUT2D eigenvalue weighted by molar-refractivity contribution is 9.10. The number of anilines is 1. The Morgan fingerprint density at radius 2 is 2.07 bits per heavy atom. The fourth-order valence-corrected chi connectivity index (χ4v) is 4.28. The molecule has 6 nitrogen and oxygen atoms in total. The van der Waals surface area contributed by atoms with Crippen LogP contribution in [0.4, 0.5) is 5.82 Å². The number of benzene rings is 1. The van der Waals surface area contributed by atoms with E-state index in [1.165, 1.54) is 0 Å². The van der Waals surface area contributed by atoms with Crippen LogP contribution in [0.5, 0.6) is 0 Å². The van der Waals surface area contributed by atoms with Gasteiger partial charge in [-0.3, -0.25) is 9.59 Å². The van der Waals surface area contributed by atoms with E-state index in [9.17, 15) is 9.59 Å². The van der Waals surface area contributed by atoms with E-state index in [2.05, 4.69) is 31.2 Å². The summed E-state index contributed by atoms with van der Waals surface area (Å²) in [5.41, 5.74) is 2.38. The van der Waals surface area contributed by atoms with Gasteiger partial charge in [-0.1, -0.05) is 15.9 Å². The molecule has 28 heavy (non-hydrogen) atoms. The fraction of sp³-hybridized carbons (Fsp3) is 0.238. The second-order valence-electron chi connectivity index (χ2n) is 7.43. The van der Waals surface area contributed by atoms with Gasteiger partial charge in [0.15, 0.2) is 5.65 Å². The number of hydrogen-bond acceptors (Lipinski definition) is 4. The maximum absolute atomic E-state index is 12.9. The average molecular weight is 437 g/mol. The van der Waals surface area contributed by atoms with Gasteiger partial charge >= 0.3 is 0 Å². The summed E-state index contributed by atoms with van der Waals surface area (Å²) in [5, 5.41) is 3.70. The summed E-state index contributed by atoms with van der Waals surface area (Å²) in [4.78, 5) is 35.7. The Morgan fingerprint density at radius 1 is 1.21 bits per heavy atom. The highest BCUT2D eigenvalue weighted by Gasteiger charge is 2.51. The number of nitrogens with zero attached hydrogens (tertiary/aromatic N) is 3. The smallest absolute Gasteiger partial charge is 0.254 e. The predicted molar refractivity (Wildman–Crippen MR) is 109 cm³/mol. The monoisotopic (exact) mass is 436 g/mol. The van der Waals surface area contributed by atoms with E-state index >= 15 is 0 Å². The standard InChI is InChI=1S/C21H17BrN4O2/c22-14-4-5-15-16(10-14)21(7-8-21)12-26(20(15)28)11-18(27)24-17-6-3-13-2-1-9-23-19(13)25-17/h1-6,9-10H,7-8,11-12H2,(H,23,24,25,27). The van der Waals surface area contributed by atoms with Crippen LogP contribution in [0.25, 0.3) is 11.0 Å². The topological polar surface area (TPSA) is 75.2 Å². The molecule has 3 heterocycles. The summed E-state index contributed by atoms with van der Waals surface area (Å²) in [6, 6.07) is 13.1. The normalized spacial score (nSPS) is 16.9. The molecule has 2 aliphatic rings. The van der Waals surface area contributed by atoms with Crippen molar-refractivity contribution in [3.8, 4) is 0 Å². The largest absolute Gasteiger partial charge is 0.328 e. The highest BCUT2D eigenvalue weighted by atomic mass is 79.9. The lowest BCUT2D eigenvalue weighted by Gasteiger charge is -2.34. The van der Waals surface area contributed by atoms with Gasteiger partial charge in [0.2, 0.25) is 5.91 Å². The quantitative estimate of drug-likeness (QED) is 0.681. The summed E-state index contributed by atoms with van der Waals surface area (Å²) in [7, 11) is 0. The van der Waals surface area contributed by atoms with Gasteiger partial charge in [-0.05, 0) is 60.9 Å². The zero-order valence-corrected chi connectivity index (χ0v) is 16.6. The first-order valence-electron chi connectivity index (χ1n) is 9.15. The molecule has 1 aromatic carbocycles. The molecule has 1 aliphatic heterocycles. The minimum absolute atomic E-state index is 0.00156. The van der Waals surface area contributed by atoms with E-state index in [1.807, 2.05) is 36.4 Å². The first-order valence-corrected chi connectivity index (χ1v) is 9.94. The SMILES string of the molecule is O=C(CN1CC2(CC2)c2cc(Br)ccc2C1=O)Nc1ccc2cccnc2n1. The number of aromatic nitrogens is 2. The number of carbonyl (C=O) groups excluding carboxylic acids is 2. The van der Waals surface area contributed by atoms with Gasteiger partial charge in [0.1, 0.15) is 12.4 Å². The molecule has 140 valence electrons. The molecule has 0 unspecified atom stereocenters. The molecule has 1 fully saturated rings. The van der Waals surface area contributed by atoms with Crippen LogP contribution in [0.15, 0.2) is 53.1 Å². The Bertz CT molecular complexity index is 1130. The third-order valence-electron chi connectivity index (χ3n) is 5.48. The molecule has 1 spiro atoms. The Hall–Kier alpha value is -2.80. The summed E-state index contributed by atoms with van der Waals surface area (Å²) >= 11 is 3.50. The summed E-state index contributed by atoms with van der Waals surface area (Å²) < 4.78 is 0.979. The van der Waals surface area contributed by atoms with E-state index in [1.54, 1.807) is 17.2 Å². The van der Waals surface area contributed by atoms with Gasteiger partial charge < -0.3 is 10.2 Å². The third-order valence-corrected chi connectivity index (χ3v) is 5.98. The number of pyridine rings is 2. The fourth-order valence-electron chi connectivity index (χ4n) is 3.92. The Kier molecular flexibility index (Phi) is 3.94. The maximum atomic E-state index is 12.9.